The van der Waals surface area contributed by atoms with Gasteiger partial charge in [0, 0.05) is 18.7 Å². The van der Waals surface area contributed by atoms with Gasteiger partial charge in [0.1, 0.15) is 11.9 Å². The molecule has 2 aromatic rings. The van der Waals surface area contributed by atoms with E-state index in [2.05, 4.69) is 5.32 Å². The Morgan fingerprint density at radius 1 is 1.22 bits per heavy atom. The molecule has 5 nitrogen and oxygen atoms in total. The molecule has 1 fully saturated rings. The number of carbonyl (C=O) groups excluding carboxylic acids is 1. The Morgan fingerprint density at radius 3 is 2.43 bits per heavy atom. The van der Waals surface area contributed by atoms with Crippen LogP contribution in [0.25, 0.3) is 11.1 Å². The van der Waals surface area contributed by atoms with Crippen molar-refractivity contribution in [2.75, 3.05) is 6.54 Å². The van der Waals surface area contributed by atoms with Crippen LogP contribution in [0.1, 0.15) is 5.56 Å². The summed E-state index contributed by atoms with van der Waals surface area (Å²) in [5.41, 5.74) is 1.95. The summed E-state index contributed by atoms with van der Waals surface area (Å²) in [6.07, 6.45) is -1.14. The van der Waals surface area contributed by atoms with Crippen molar-refractivity contribution in [1.29, 1.82) is 0 Å². The van der Waals surface area contributed by atoms with Gasteiger partial charge in [0.25, 0.3) is 0 Å². The van der Waals surface area contributed by atoms with Crippen molar-refractivity contribution in [2.24, 2.45) is 0 Å². The first kappa shape index (κ1) is 15.0. The van der Waals surface area contributed by atoms with E-state index >= 15 is 0 Å². The van der Waals surface area contributed by atoms with E-state index in [-0.39, 0.29) is 18.3 Å². The van der Waals surface area contributed by atoms with Crippen molar-refractivity contribution in [3.8, 4) is 11.1 Å². The fraction of sp³-hybridized carbons (Fsp3) is 0.176. The van der Waals surface area contributed by atoms with Crippen LogP contribution in [0.5, 0.6) is 0 Å². The quantitative estimate of drug-likeness (QED) is 0.852. The Labute approximate surface area is 132 Å². The second-order valence-electron chi connectivity index (χ2n) is 5.35. The Balaban J connectivity index is 1.78. The zero-order valence-electron chi connectivity index (χ0n) is 12.2. The highest BCUT2D eigenvalue weighted by atomic mass is 19.1. The minimum atomic E-state index is -1.14. The highest BCUT2D eigenvalue weighted by Gasteiger charge is 2.36. The molecule has 2 aromatic carbocycles. The molecule has 3 rings (SSSR count). The number of nitrogens with one attached hydrogen (secondary N) is 1. The zero-order valence-corrected chi connectivity index (χ0v) is 12.2. The van der Waals surface area contributed by atoms with Crippen LogP contribution in [-0.4, -0.2) is 34.6 Å². The van der Waals surface area contributed by atoms with Crippen LogP contribution in [0, 0.1) is 5.82 Å². The number of carbonyl (C=O) groups is 2. The van der Waals surface area contributed by atoms with Crippen molar-refractivity contribution in [3.63, 3.8) is 0 Å². The summed E-state index contributed by atoms with van der Waals surface area (Å²) >= 11 is 0. The van der Waals surface area contributed by atoms with Gasteiger partial charge in [0.2, 0.25) is 5.91 Å². The fourth-order valence-corrected chi connectivity index (χ4v) is 2.52. The maximum Gasteiger partial charge on any atom is 0.408 e. The fourth-order valence-electron chi connectivity index (χ4n) is 2.52. The molecule has 2 amide bonds. The van der Waals surface area contributed by atoms with Crippen molar-refractivity contribution in [2.45, 2.75) is 12.6 Å². The summed E-state index contributed by atoms with van der Waals surface area (Å²) in [6, 6.07) is 12.8. The van der Waals surface area contributed by atoms with Crippen molar-refractivity contribution in [3.05, 3.63) is 59.9 Å². The lowest BCUT2D eigenvalue weighted by atomic mass is 10.0. The van der Waals surface area contributed by atoms with Gasteiger partial charge in [-0.2, -0.15) is 0 Å². The monoisotopic (exact) mass is 314 g/mol. The third kappa shape index (κ3) is 3.01. The summed E-state index contributed by atoms with van der Waals surface area (Å²) in [6.45, 7) is 0.448. The molecule has 0 bridgehead atoms. The Kier molecular flexibility index (Phi) is 3.97. The third-order valence-electron chi connectivity index (χ3n) is 3.89. The average Bonchev–Trinajstić information content (AvgIpc) is 2.54. The number of nitrogens with zero attached hydrogens (tertiary/aromatic N) is 1. The number of carboxylic acid groups (broad SMARTS) is 1. The van der Waals surface area contributed by atoms with E-state index in [1.165, 1.54) is 6.07 Å². The second-order valence-corrected chi connectivity index (χ2v) is 5.35. The minimum Gasteiger partial charge on any atom is -0.465 e. The van der Waals surface area contributed by atoms with Gasteiger partial charge in [-0.25, -0.2) is 9.18 Å². The molecule has 2 N–H and O–H groups in total. The molecule has 23 heavy (non-hydrogen) atoms. The molecule has 1 saturated heterocycles. The molecule has 0 aromatic heterocycles. The van der Waals surface area contributed by atoms with Gasteiger partial charge in [-0.3, -0.25) is 9.69 Å². The second kappa shape index (κ2) is 6.08. The van der Waals surface area contributed by atoms with E-state index in [0.717, 1.165) is 16.0 Å². The predicted octanol–water partition coefficient (Wildman–Crippen LogP) is 2.47. The predicted molar refractivity (Wildman–Crippen MR) is 82.2 cm³/mol. The third-order valence-corrected chi connectivity index (χ3v) is 3.89. The first-order valence-corrected chi connectivity index (χ1v) is 7.17. The SMILES string of the molecule is O=C1NCC1N(Cc1ccc(-c2ccccc2F)cc1)C(=O)O. The van der Waals surface area contributed by atoms with Crippen LogP contribution >= 0.6 is 0 Å². The van der Waals surface area contributed by atoms with Gasteiger partial charge < -0.3 is 10.4 Å². The Hall–Kier alpha value is -2.89. The van der Waals surface area contributed by atoms with Crippen LogP contribution in [0.15, 0.2) is 48.5 Å². The number of halogens is 1. The molecule has 1 heterocycles. The highest BCUT2D eigenvalue weighted by Crippen LogP contribution is 2.23. The van der Waals surface area contributed by atoms with E-state index in [0.29, 0.717) is 12.1 Å². The molecule has 1 atom stereocenters. The molecule has 0 spiro atoms. The molecule has 0 aliphatic carbocycles. The number of rotatable bonds is 4. The maximum atomic E-state index is 13.8. The van der Waals surface area contributed by atoms with Crippen LogP contribution in [0.3, 0.4) is 0 Å². The molecule has 6 heteroatoms. The molecular weight excluding hydrogens is 299 g/mol. The van der Waals surface area contributed by atoms with Crippen LogP contribution < -0.4 is 5.32 Å². The summed E-state index contributed by atoms with van der Waals surface area (Å²) in [7, 11) is 0. The van der Waals surface area contributed by atoms with Gasteiger partial charge in [-0.15, -0.1) is 0 Å². The van der Waals surface area contributed by atoms with E-state index < -0.39 is 12.1 Å². The van der Waals surface area contributed by atoms with Crippen LogP contribution in [0.2, 0.25) is 0 Å². The lowest BCUT2D eigenvalue weighted by Crippen LogP contribution is -2.62. The lowest BCUT2D eigenvalue weighted by molar-refractivity contribution is -0.132. The van der Waals surface area contributed by atoms with Crippen molar-refractivity contribution < 1.29 is 19.1 Å². The number of β-lactam (4-membered cyclic amide) rings is 1. The van der Waals surface area contributed by atoms with E-state index in [1.54, 1.807) is 42.5 Å². The van der Waals surface area contributed by atoms with Gasteiger partial charge in [-0.05, 0) is 17.2 Å². The average molecular weight is 314 g/mol. The molecule has 1 unspecified atom stereocenters. The molecule has 1 aliphatic heterocycles. The largest absolute Gasteiger partial charge is 0.465 e. The maximum absolute atomic E-state index is 13.8. The number of hydrogen-bond acceptors (Lipinski definition) is 2. The van der Waals surface area contributed by atoms with Gasteiger partial charge in [0.05, 0.1) is 0 Å². The first-order valence-electron chi connectivity index (χ1n) is 7.17. The van der Waals surface area contributed by atoms with Crippen LogP contribution in [0.4, 0.5) is 9.18 Å². The molecule has 1 aliphatic rings. The Morgan fingerprint density at radius 2 is 1.91 bits per heavy atom. The molecule has 0 radical (unpaired) electrons. The van der Waals surface area contributed by atoms with Crippen LogP contribution in [-0.2, 0) is 11.3 Å². The summed E-state index contributed by atoms with van der Waals surface area (Å²) in [5, 5.41) is 11.8. The smallest absolute Gasteiger partial charge is 0.408 e. The van der Waals surface area contributed by atoms with E-state index in [1.807, 2.05) is 0 Å². The lowest BCUT2D eigenvalue weighted by Gasteiger charge is -2.34. The summed E-state index contributed by atoms with van der Waals surface area (Å²) < 4.78 is 13.8. The van der Waals surface area contributed by atoms with Gasteiger partial charge in [-0.1, -0.05) is 42.5 Å². The topological polar surface area (TPSA) is 69.6 Å². The molecule has 0 saturated carbocycles. The normalized spacial score (nSPS) is 16.4. The standard InChI is InChI=1S/C17H15FN2O3/c18-14-4-2-1-3-13(14)12-7-5-11(6-8-12)10-20(17(22)23)15-9-19-16(15)21/h1-8,15H,9-10H2,(H,19,21)(H,22,23). The van der Waals surface area contributed by atoms with Gasteiger partial charge >= 0.3 is 6.09 Å². The number of hydrogen-bond donors (Lipinski definition) is 2. The van der Waals surface area contributed by atoms with Crippen molar-refractivity contribution >= 4 is 12.0 Å². The van der Waals surface area contributed by atoms with Gasteiger partial charge in [0.15, 0.2) is 0 Å². The number of benzene rings is 2. The highest BCUT2D eigenvalue weighted by molar-refractivity contribution is 5.90. The molecular formula is C17H15FN2O3. The molecule has 118 valence electrons. The Bertz CT molecular complexity index is 746. The summed E-state index contributed by atoms with van der Waals surface area (Å²) in [5.74, 6) is -0.589. The summed E-state index contributed by atoms with van der Waals surface area (Å²) in [4.78, 5) is 23.8. The van der Waals surface area contributed by atoms with E-state index in [4.69, 9.17) is 0 Å². The minimum absolute atomic E-state index is 0.116. The zero-order chi connectivity index (χ0) is 16.4. The number of amides is 2. The first-order chi connectivity index (χ1) is 11.1. The van der Waals surface area contributed by atoms with E-state index in [9.17, 15) is 19.1 Å². The van der Waals surface area contributed by atoms with Crippen molar-refractivity contribution in [1.82, 2.24) is 10.2 Å².